The predicted octanol–water partition coefficient (Wildman–Crippen LogP) is 4.28. The van der Waals surface area contributed by atoms with Gasteiger partial charge in [0.2, 0.25) is 5.78 Å². The Morgan fingerprint density at radius 3 is 1.80 bits per heavy atom. The Hall–Kier alpha value is -0.800. The summed E-state index contributed by atoms with van der Waals surface area (Å²) in [5.74, 6) is -1.67. The highest BCUT2D eigenvalue weighted by Gasteiger charge is 2.36. The molecule has 0 radical (unpaired) electrons. The van der Waals surface area contributed by atoms with Crippen molar-refractivity contribution in [2.24, 2.45) is 0 Å². The van der Waals surface area contributed by atoms with E-state index in [-0.39, 0.29) is 0 Å². The lowest BCUT2D eigenvalue weighted by atomic mass is 10.2. The zero-order chi connectivity index (χ0) is 12.5. The van der Waals surface area contributed by atoms with Gasteiger partial charge < -0.3 is 0 Å². The van der Waals surface area contributed by atoms with Gasteiger partial charge in [-0.3, -0.25) is 4.79 Å². The summed E-state index contributed by atoms with van der Waals surface area (Å²) in [7, 11) is 0. The fourth-order valence-corrected chi connectivity index (χ4v) is 0.739. The second-order valence-electron chi connectivity index (χ2n) is 3.16. The van der Waals surface area contributed by atoms with E-state index in [1.165, 1.54) is 25.3 Å². The molecule has 0 rings (SSSR count). The van der Waals surface area contributed by atoms with Crippen molar-refractivity contribution in [3.63, 3.8) is 0 Å². The smallest absolute Gasteiger partial charge is 0.290 e. The first-order chi connectivity index (χ1) is 6.79. The topological polar surface area (TPSA) is 17.1 Å². The van der Waals surface area contributed by atoms with Gasteiger partial charge in [-0.2, -0.15) is 13.2 Å². The number of hydrogen-bond donors (Lipinski definition) is 0. The molecule has 1 nitrogen and oxygen atoms in total. The summed E-state index contributed by atoms with van der Waals surface area (Å²) < 4.78 is 33.3. The molecule has 0 saturated carbocycles. The molecule has 90 valence electrons. The number of Topliss-reactive ketones (excluding diaryl/α,β-unsaturated/α-hetero) is 1. The lowest BCUT2D eigenvalue weighted by Crippen LogP contribution is -2.20. The second-order valence-corrected chi connectivity index (χ2v) is 3.16. The van der Waals surface area contributed by atoms with Crippen molar-refractivity contribution in [1.82, 2.24) is 0 Å². The van der Waals surface area contributed by atoms with Crippen LogP contribution >= 0.6 is 0 Å². The van der Waals surface area contributed by atoms with E-state index in [9.17, 15) is 18.0 Å². The van der Waals surface area contributed by atoms with Crippen LogP contribution in [0.4, 0.5) is 13.2 Å². The van der Waals surface area contributed by atoms with Gasteiger partial charge in [0.25, 0.3) is 0 Å². The second kappa shape index (κ2) is 8.50. The quantitative estimate of drug-likeness (QED) is 0.654. The van der Waals surface area contributed by atoms with Crippen LogP contribution in [0.15, 0.2) is 11.6 Å². The third-order valence-corrected chi connectivity index (χ3v) is 1.77. The summed E-state index contributed by atoms with van der Waals surface area (Å²) in [5.41, 5.74) is 1.50. The van der Waals surface area contributed by atoms with Crippen molar-refractivity contribution in [3.05, 3.63) is 11.6 Å². The largest absolute Gasteiger partial charge is 0.449 e. The fourth-order valence-electron chi connectivity index (χ4n) is 0.739. The Labute approximate surface area is 89.4 Å². The zero-order valence-corrected chi connectivity index (χ0v) is 9.74. The van der Waals surface area contributed by atoms with Gasteiger partial charge in [-0.25, -0.2) is 0 Å². The molecule has 0 N–H and O–H groups in total. The minimum Gasteiger partial charge on any atom is -0.290 e. The molecule has 0 aliphatic carbocycles. The van der Waals surface area contributed by atoms with Crippen LogP contribution in [-0.4, -0.2) is 12.0 Å². The monoisotopic (exact) mass is 224 g/mol. The number of alkyl halides is 3. The number of ketones is 1. The molecular formula is C11H19F3O. The van der Waals surface area contributed by atoms with Crippen molar-refractivity contribution < 1.29 is 18.0 Å². The minimum absolute atomic E-state index is 0.469. The molecule has 15 heavy (non-hydrogen) atoms. The third-order valence-electron chi connectivity index (χ3n) is 1.77. The van der Waals surface area contributed by atoms with E-state index in [0.29, 0.717) is 0 Å². The average Bonchev–Trinajstić information content (AvgIpc) is 2.16. The van der Waals surface area contributed by atoms with Crippen molar-refractivity contribution in [2.45, 2.75) is 53.1 Å². The molecule has 0 aromatic rings. The number of halogens is 3. The van der Waals surface area contributed by atoms with E-state index in [2.05, 4.69) is 26.8 Å². The van der Waals surface area contributed by atoms with Gasteiger partial charge in [0.05, 0.1) is 0 Å². The van der Waals surface area contributed by atoms with E-state index in [1.807, 2.05) is 0 Å². The van der Waals surface area contributed by atoms with Crippen LogP contribution in [0.1, 0.15) is 47.0 Å². The maximum Gasteiger partial charge on any atom is 0.449 e. The Bertz CT molecular complexity index is 204. The Morgan fingerprint density at radius 1 is 1.27 bits per heavy atom. The summed E-state index contributed by atoms with van der Waals surface area (Å²) in [6.45, 7) is 7.64. The predicted molar refractivity (Wildman–Crippen MR) is 55.7 cm³/mol. The molecule has 0 unspecified atom stereocenters. The van der Waals surface area contributed by atoms with Gasteiger partial charge in [-0.1, -0.05) is 31.9 Å². The molecule has 0 amide bonds. The first-order valence-electron chi connectivity index (χ1n) is 5.01. The van der Waals surface area contributed by atoms with E-state index in [4.69, 9.17) is 0 Å². The van der Waals surface area contributed by atoms with Crippen LogP contribution in [0, 0.1) is 0 Å². The molecule has 0 aromatic carbocycles. The van der Waals surface area contributed by atoms with Crippen LogP contribution in [0.5, 0.6) is 0 Å². The van der Waals surface area contributed by atoms with Crippen molar-refractivity contribution in [1.29, 1.82) is 0 Å². The van der Waals surface area contributed by atoms with E-state index < -0.39 is 18.4 Å². The molecule has 0 fully saturated rings. The van der Waals surface area contributed by atoms with Gasteiger partial charge in [0.1, 0.15) is 0 Å². The molecule has 0 heterocycles. The van der Waals surface area contributed by atoms with Crippen LogP contribution in [0.25, 0.3) is 0 Å². The SMILES string of the molecule is C/C=C(\C)CCC.CCC(=O)C(F)(F)F. The number of hydrogen-bond acceptors (Lipinski definition) is 1. The molecule has 0 aliphatic rings. The molecular weight excluding hydrogens is 205 g/mol. The van der Waals surface area contributed by atoms with Crippen LogP contribution in [0.2, 0.25) is 0 Å². The molecule has 0 atom stereocenters. The van der Waals surface area contributed by atoms with Gasteiger partial charge >= 0.3 is 6.18 Å². The highest BCUT2D eigenvalue weighted by molar-refractivity contribution is 5.83. The van der Waals surface area contributed by atoms with Crippen molar-refractivity contribution >= 4 is 5.78 Å². The van der Waals surface area contributed by atoms with E-state index in [1.54, 1.807) is 0 Å². The normalized spacial score (nSPS) is 11.8. The Kier molecular flexibility index (Phi) is 9.42. The summed E-state index contributed by atoms with van der Waals surface area (Å²) >= 11 is 0. The molecule has 0 saturated heterocycles. The lowest BCUT2D eigenvalue weighted by molar-refractivity contribution is -0.170. The maximum atomic E-state index is 11.1. The summed E-state index contributed by atoms with van der Waals surface area (Å²) in [4.78, 5) is 9.71. The summed E-state index contributed by atoms with van der Waals surface area (Å²) in [6, 6.07) is 0. The number of carbonyl (C=O) groups excluding carboxylic acids is 1. The molecule has 0 aliphatic heterocycles. The minimum atomic E-state index is -4.63. The van der Waals surface area contributed by atoms with Gasteiger partial charge in [-0.15, -0.1) is 0 Å². The van der Waals surface area contributed by atoms with Gasteiger partial charge in [0, 0.05) is 6.42 Å². The third kappa shape index (κ3) is 11.1. The van der Waals surface area contributed by atoms with Gasteiger partial charge in [-0.05, 0) is 20.3 Å². The summed E-state index contributed by atoms with van der Waals surface area (Å²) in [6.07, 6.45) is -0.394. The molecule has 4 heteroatoms. The van der Waals surface area contributed by atoms with E-state index >= 15 is 0 Å². The van der Waals surface area contributed by atoms with Crippen LogP contribution < -0.4 is 0 Å². The first kappa shape index (κ1) is 16.6. The van der Waals surface area contributed by atoms with E-state index in [0.717, 1.165) is 0 Å². The fraction of sp³-hybridized carbons (Fsp3) is 0.727. The van der Waals surface area contributed by atoms with Crippen LogP contribution in [-0.2, 0) is 4.79 Å². The van der Waals surface area contributed by atoms with Gasteiger partial charge in [0.15, 0.2) is 0 Å². The standard InChI is InChI=1S/C7H14.C4H5F3O/c1-4-6-7(3)5-2;1-2-3(8)4(5,6)7/h5H,4,6H2,1-3H3;2H2,1H3/b7-5+;. The summed E-state index contributed by atoms with van der Waals surface area (Å²) in [5, 5.41) is 0. The van der Waals surface area contributed by atoms with Crippen molar-refractivity contribution in [3.8, 4) is 0 Å². The highest BCUT2D eigenvalue weighted by Crippen LogP contribution is 2.16. The number of rotatable bonds is 3. The highest BCUT2D eigenvalue weighted by atomic mass is 19.4. The first-order valence-corrected chi connectivity index (χ1v) is 5.01. The average molecular weight is 224 g/mol. The molecule has 0 aromatic heterocycles. The number of allylic oxidation sites excluding steroid dienone is 2. The molecule has 0 bridgehead atoms. The molecule has 0 spiro atoms. The Balaban J connectivity index is 0. The van der Waals surface area contributed by atoms with Crippen LogP contribution in [0.3, 0.4) is 0 Å². The Morgan fingerprint density at radius 2 is 1.73 bits per heavy atom. The number of carbonyl (C=O) groups is 1. The van der Waals surface area contributed by atoms with Crippen molar-refractivity contribution in [2.75, 3.05) is 0 Å². The lowest BCUT2D eigenvalue weighted by Gasteiger charge is -1.99. The maximum absolute atomic E-state index is 11.1. The zero-order valence-electron chi connectivity index (χ0n) is 9.74.